The zero-order valence-corrected chi connectivity index (χ0v) is 27.6. The molecule has 0 bridgehead atoms. The molecule has 8 aromatic carbocycles. The number of hydrogen-bond acceptors (Lipinski definition) is 1. The van der Waals surface area contributed by atoms with E-state index in [0.29, 0.717) is 0 Å². The van der Waals surface area contributed by atoms with Gasteiger partial charge in [-0.1, -0.05) is 121 Å². The zero-order valence-electron chi connectivity index (χ0n) is 27.6. The summed E-state index contributed by atoms with van der Waals surface area (Å²) in [6, 6.07) is 65.6. The fourth-order valence-corrected chi connectivity index (χ4v) is 8.32. The Bertz CT molecular complexity index is 3140. The molecule has 0 N–H and O–H groups in total. The maximum Gasteiger partial charge on any atom is 0.135 e. The first-order chi connectivity index (χ1) is 25.3. The van der Waals surface area contributed by atoms with Gasteiger partial charge in [-0.3, -0.25) is 0 Å². The van der Waals surface area contributed by atoms with Crippen LogP contribution in [0.4, 0.5) is 0 Å². The SMILES string of the molecule is c1ccc(-n2c3ccccc3c3c(-c4ccc5c6ccccc6n(-c6ccccc6-c6ccc7oc8ccccc8c7c6)c5c4)cccc32)cc1. The molecule has 0 spiro atoms. The van der Waals surface area contributed by atoms with Gasteiger partial charge in [-0.25, -0.2) is 0 Å². The fraction of sp³-hybridized carbons (Fsp3) is 0. The Morgan fingerprint density at radius 3 is 1.82 bits per heavy atom. The summed E-state index contributed by atoms with van der Waals surface area (Å²) < 4.78 is 11.0. The van der Waals surface area contributed by atoms with Crippen molar-refractivity contribution in [3.63, 3.8) is 0 Å². The molecule has 0 aliphatic heterocycles. The third kappa shape index (κ3) is 4.12. The number of nitrogens with zero attached hydrogens (tertiary/aromatic N) is 2. The summed E-state index contributed by atoms with van der Waals surface area (Å²) in [6.45, 7) is 0. The van der Waals surface area contributed by atoms with E-state index >= 15 is 0 Å². The Kier molecular flexibility index (Phi) is 5.96. The molecule has 0 unspecified atom stereocenters. The predicted molar refractivity (Wildman–Crippen MR) is 213 cm³/mol. The first-order valence-electron chi connectivity index (χ1n) is 17.4. The molecule has 0 aliphatic rings. The highest BCUT2D eigenvalue weighted by Gasteiger charge is 2.20. The molecule has 0 atom stereocenters. The molecule has 0 saturated heterocycles. The lowest BCUT2D eigenvalue weighted by molar-refractivity contribution is 0.669. The van der Waals surface area contributed by atoms with Gasteiger partial charge < -0.3 is 13.6 Å². The smallest absolute Gasteiger partial charge is 0.135 e. The summed E-state index contributed by atoms with van der Waals surface area (Å²) in [4.78, 5) is 0. The van der Waals surface area contributed by atoms with Gasteiger partial charge in [-0.05, 0) is 77.4 Å². The van der Waals surface area contributed by atoms with Gasteiger partial charge in [-0.2, -0.15) is 0 Å². The summed E-state index contributed by atoms with van der Waals surface area (Å²) in [5, 5.41) is 7.25. The van der Waals surface area contributed by atoms with E-state index in [1.165, 1.54) is 60.3 Å². The minimum atomic E-state index is 0.904. The van der Waals surface area contributed by atoms with Gasteiger partial charge in [0, 0.05) is 43.6 Å². The van der Waals surface area contributed by atoms with Crippen LogP contribution in [0, 0.1) is 0 Å². The highest BCUT2D eigenvalue weighted by atomic mass is 16.3. The fourth-order valence-electron chi connectivity index (χ4n) is 8.32. The average Bonchev–Trinajstić information content (AvgIpc) is 3.85. The van der Waals surface area contributed by atoms with E-state index in [1.54, 1.807) is 0 Å². The number of fused-ring (bicyclic) bond motifs is 9. The Balaban J connectivity index is 1.17. The molecule has 11 aromatic rings. The Morgan fingerprint density at radius 2 is 0.941 bits per heavy atom. The minimum absolute atomic E-state index is 0.904. The summed E-state index contributed by atoms with van der Waals surface area (Å²) in [5.74, 6) is 0. The Labute approximate surface area is 293 Å². The quantitative estimate of drug-likeness (QED) is 0.186. The molecule has 11 rings (SSSR count). The molecule has 0 fully saturated rings. The molecule has 0 radical (unpaired) electrons. The van der Waals surface area contributed by atoms with Gasteiger partial charge in [0.1, 0.15) is 11.2 Å². The lowest BCUT2D eigenvalue weighted by Gasteiger charge is -2.15. The topological polar surface area (TPSA) is 23.0 Å². The molecule has 3 heteroatoms. The van der Waals surface area contributed by atoms with Crippen LogP contribution in [-0.4, -0.2) is 9.13 Å². The van der Waals surface area contributed by atoms with E-state index in [1.807, 2.05) is 12.1 Å². The standard InChI is InChI=1S/C48H30N2O/c1-2-13-33(14-3-1)49-43-22-10-6-18-39(43)48-35(19-12-23-44(48)49)32-25-27-37-36-16-5-9-21-42(36)50(45(37)30-32)41-20-8-4-15-34(41)31-26-28-47-40(29-31)38-17-7-11-24-46(38)51-47/h1-30H. The lowest BCUT2D eigenvalue weighted by Crippen LogP contribution is -1.97. The van der Waals surface area contributed by atoms with Crippen LogP contribution >= 0.6 is 0 Å². The van der Waals surface area contributed by atoms with Gasteiger partial charge in [0.25, 0.3) is 0 Å². The summed E-state index contributed by atoms with van der Waals surface area (Å²) in [6.07, 6.45) is 0. The van der Waals surface area contributed by atoms with Crippen molar-refractivity contribution in [1.29, 1.82) is 0 Å². The highest BCUT2D eigenvalue weighted by molar-refractivity contribution is 6.17. The van der Waals surface area contributed by atoms with Crippen molar-refractivity contribution in [3.8, 4) is 33.6 Å². The number of hydrogen-bond donors (Lipinski definition) is 0. The molecule has 3 nitrogen and oxygen atoms in total. The zero-order chi connectivity index (χ0) is 33.5. The van der Waals surface area contributed by atoms with Crippen LogP contribution in [0.25, 0.3) is 99.2 Å². The summed E-state index contributed by atoms with van der Waals surface area (Å²) in [7, 11) is 0. The van der Waals surface area contributed by atoms with Crippen molar-refractivity contribution < 1.29 is 4.42 Å². The van der Waals surface area contributed by atoms with Gasteiger partial charge in [-0.15, -0.1) is 0 Å². The third-order valence-electron chi connectivity index (χ3n) is 10.5. The maximum absolute atomic E-state index is 6.19. The molecule has 0 aliphatic carbocycles. The van der Waals surface area contributed by atoms with Crippen LogP contribution < -0.4 is 0 Å². The van der Waals surface area contributed by atoms with E-state index in [-0.39, 0.29) is 0 Å². The molecule has 51 heavy (non-hydrogen) atoms. The largest absolute Gasteiger partial charge is 0.456 e. The second kappa shape index (κ2) is 10.8. The summed E-state index contributed by atoms with van der Waals surface area (Å²) >= 11 is 0. The lowest BCUT2D eigenvalue weighted by atomic mass is 9.98. The Morgan fingerprint density at radius 1 is 0.333 bits per heavy atom. The molecule has 238 valence electrons. The van der Waals surface area contributed by atoms with Gasteiger partial charge in [0.15, 0.2) is 0 Å². The molecule has 0 saturated carbocycles. The average molecular weight is 651 g/mol. The second-order valence-corrected chi connectivity index (χ2v) is 13.3. The van der Waals surface area contributed by atoms with Crippen molar-refractivity contribution in [2.45, 2.75) is 0 Å². The maximum atomic E-state index is 6.19. The van der Waals surface area contributed by atoms with Crippen molar-refractivity contribution in [3.05, 3.63) is 182 Å². The Hall–Kier alpha value is -6.84. The van der Waals surface area contributed by atoms with Gasteiger partial charge >= 0.3 is 0 Å². The number of para-hydroxylation sites is 5. The van der Waals surface area contributed by atoms with Crippen LogP contribution in [0.5, 0.6) is 0 Å². The normalized spacial score (nSPS) is 11.9. The molecule has 3 heterocycles. The van der Waals surface area contributed by atoms with Crippen LogP contribution in [0.3, 0.4) is 0 Å². The van der Waals surface area contributed by atoms with Crippen LogP contribution in [0.2, 0.25) is 0 Å². The number of aromatic nitrogens is 2. The van der Waals surface area contributed by atoms with Gasteiger partial charge in [0.05, 0.1) is 27.8 Å². The highest BCUT2D eigenvalue weighted by Crippen LogP contribution is 2.42. The summed E-state index contributed by atoms with van der Waals surface area (Å²) in [5.41, 5.74) is 13.6. The van der Waals surface area contributed by atoms with Crippen molar-refractivity contribution in [2.75, 3.05) is 0 Å². The molecule has 0 amide bonds. The van der Waals surface area contributed by atoms with Crippen LogP contribution in [0.15, 0.2) is 186 Å². The van der Waals surface area contributed by atoms with E-state index in [2.05, 4.69) is 179 Å². The monoisotopic (exact) mass is 650 g/mol. The molecular weight excluding hydrogens is 621 g/mol. The molecular formula is C48H30N2O. The first kappa shape index (κ1) is 28.0. The van der Waals surface area contributed by atoms with Crippen LogP contribution in [0.1, 0.15) is 0 Å². The van der Waals surface area contributed by atoms with E-state index in [9.17, 15) is 0 Å². The second-order valence-electron chi connectivity index (χ2n) is 13.3. The van der Waals surface area contributed by atoms with Crippen molar-refractivity contribution >= 4 is 65.6 Å². The first-order valence-corrected chi connectivity index (χ1v) is 17.4. The van der Waals surface area contributed by atoms with Crippen molar-refractivity contribution in [1.82, 2.24) is 9.13 Å². The molecule has 3 aromatic heterocycles. The van der Waals surface area contributed by atoms with Crippen LogP contribution in [-0.2, 0) is 0 Å². The minimum Gasteiger partial charge on any atom is -0.456 e. The third-order valence-corrected chi connectivity index (χ3v) is 10.5. The predicted octanol–water partition coefficient (Wildman–Crippen LogP) is 13.1. The van der Waals surface area contributed by atoms with Gasteiger partial charge in [0.2, 0.25) is 0 Å². The van der Waals surface area contributed by atoms with E-state index in [4.69, 9.17) is 4.42 Å². The van der Waals surface area contributed by atoms with E-state index in [0.717, 1.165) is 38.9 Å². The van der Waals surface area contributed by atoms with E-state index < -0.39 is 0 Å². The van der Waals surface area contributed by atoms with Crippen molar-refractivity contribution in [2.24, 2.45) is 0 Å². The number of benzene rings is 8. The number of furan rings is 1. The number of rotatable bonds is 4.